The van der Waals surface area contributed by atoms with Crippen LogP contribution in [0.25, 0.3) is 0 Å². The zero-order chi connectivity index (χ0) is 17.7. The fourth-order valence-electron chi connectivity index (χ4n) is 3.02. The minimum absolute atomic E-state index is 0.271. The largest absolute Gasteiger partial charge is 0.480 e. The van der Waals surface area contributed by atoms with Gasteiger partial charge >= 0.3 is 6.18 Å². The molecule has 134 valence electrons. The second-order valence-corrected chi connectivity index (χ2v) is 6.10. The Labute approximate surface area is 140 Å². The van der Waals surface area contributed by atoms with Gasteiger partial charge in [-0.05, 0) is 51.4 Å². The summed E-state index contributed by atoms with van der Waals surface area (Å²) in [5.74, 6) is -0.218. The first-order chi connectivity index (χ1) is 11.3. The van der Waals surface area contributed by atoms with Crippen LogP contribution in [0.5, 0.6) is 5.75 Å². The molecule has 1 saturated heterocycles. The van der Waals surface area contributed by atoms with E-state index in [1.54, 1.807) is 4.90 Å². The second kappa shape index (κ2) is 7.88. The van der Waals surface area contributed by atoms with Crippen molar-refractivity contribution in [3.05, 3.63) is 29.8 Å². The van der Waals surface area contributed by atoms with E-state index in [9.17, 15) is 18.0 Å². The lowest BCUT2D eigenvalue weighted by Crippen LogP contribution is -2.47. The lowest BCUT2D eigenvalue weighted by molar-refractivity contribution is -0.144. The Kier molecular flexibility index (Phi) is 6.10. The number of amides is 1. The fourth-order valence-corrected chi connectivity index (χ4v) is 3.02. The van der Waals surface area contributed by atoms with Crippen molar-refractivity contribution in [2.45, 2.75) is 32.0 Å². The van der Waals surface area contributed by atoms with Gasteiger partial charge in [-0.15, -0.1) is 0 Å². The van der Waals surface area contributed by atoms with Gasteiger partial charge in [0, 0.05) is 13.1 Å². The number of para-hydroxylation sites is 1. The summed E-state index contributed by atoms with van der Waals surface area (Å²) in [4.78, 5) is 14.2. The normalized spacial score (nSPS) is 19.9. The molecule has 1 fully saturated rings. The number of ether oxygens (including phenoxy) is 1. The van der Waals surface area contributed by atoms with Crippen molar-refractivity contribution in [1.82, 2.24) is 10.2 Å². The number of alkyl halides is 3. The predicted molar refractivity (Wildman–Crippen MR) is 84.8 cm³/mol. The molecule has 0 spiro atoms. The van der Waals surface area contributed by atoms with Crippen LogP contribution in [0.15, 0.2) is 24.3 Å². The summed E-state index contributed by atoms with van der Waals surface area (Å²) in [6, 6.07) is 4.96. The molecule has 1 heterocycles. The van der Waals surface area contributed by atoms with Crippen LogP contribution in [0.3, 0.4) is 0 Å². The molecule has 2 atom stereocenters. The minimum Gasteiger partial charge on any atom is -0.480 e. The molecule has 1 amide bonds. The van der Waals surface area contributed by atoms with Crippen molar-refractivity contribution in [1.29, 1.82) is 0 Å². The molecular weight excluding hydrogens is 321 g/mol. The molecule has 1 N–H and O–H groups in total. The van der Waals surface area contributed by atoms with Crippen molar-refractivity contribution in [2.75, 3.05) is 26.7 Å². The van der Waals surface area contributed by atoms with Gasteiger partial charge in [0.15, 0.2) is 6.10 Å². The van der Waals surface area contributed by atoms with Crippen molar-refractivity contribution >= 4 is 5.91 Å². The Morgan fingerprint density at radius 2 is 2.12 bits per heavy atom. The Balaban J connectivity index is 2.04. The molecule has 4 nitrogen and oxygen atoms in total. The van der Waals surface area contributed by atoms with Gasteiger partial charge < -0.3 is 15.0 Å². The number of rotatable bonds is 5. The smallest absolute Gasteiger partial charge is 0.419 e. The number of nitrogens with one attached hydrogen (secondary N) is 1. The molecular formula is C17H23F3N2O2. The first-order valence-electron chi connectivity index (χ1n) is 8.09. The SMILES string of the molecule is CNC[C@H]1CCCN(C(=O)[C@H](C)Oc2ccccc2C(F)(F)F)C1. The first kappa shape index (κ1) is 18.6. The van der Waals surface area contributed by atoms with Gasteiger partial charge in [0.05, 0.1) is 5.56 Å². The zero-order valence-electron chi connectivity index (χ0n) is 13.9. The first-order valence-corrected chi connectivity index (χ1v) is 8.09. The standard InChI is InChI=1S/C17H23F3N2O2/c1-12(16(23)22-9-5-6-13(11-22)10-21-2)24-15-8-4-3-7-14(15)17(18,19)20/h3-4,7-8,12-13,21H,5-6,9-11H2,1-2H3/t12-,13+/m0/s1. The highest BCUT2D eigenvalue weighted by atomic mass is 19.4. The quantitative estimate of drug-likeness (QED) is 0.893. The zero-order valence-corrected chi connectivity index (χ0v) is 13.9. The molecule has 7 heteroatoms. The Morgan fingerprint density at radius 3 is 2.79 bits per heavy atom. The van der Waals surface area contributed by atoms with E-state index in [1.807, 2.05) is 7.05 Å². The molecule has 1 aromatic carbocycles. The molecule has 1 aromatic rings. The highest BCUT2D eigenvalue weighted by Gasteiger charge is 2.35. The van der Waals surface area contributed by atoms with E-state index in [-0.39, 0.29) is 11.7 Å². The molecule has 0 aromatic heterocycles. The van der Waals surface area contributed by atoms with E-state index in [1.165, 1.54) is 25.1 Å². The maximum atomic E-state index is 13.0. The second-order valence-electron chi connectivity index (χ2n) is 6.10. The van der Waals surface area contributed by atoms with Crippen LogP contribution >= 0.6 is 0 Å². The number of piperidine rings is 1. The van der Waals surface area contributed by atoms with E-state index >= 15 is 0 Å². The highest BCUT2D eigenvalue weighted by molar-refractivity contribution is 5.81. The lowest BCUT2D eigenvalue weighted by Gasteiger charge is -2.34. The van der Waals surface area contributed by atoms with Gasteiger partial charge in [0.2, 0.25) is 0 Å². The number of hydrogen-bond acceptors (Lipinski definition) is 3. The average Bonchev–Trinajstić information content (AvgIpc) is 2.54. The Hall–Kier alpha value is -1.76. The lowest BCUT2D eigenvalue weighted by atomic mass is 9.97. The molecule has 1 aliphatic heterocycles. The molecule has 0 unspecified atom stereocenters. The van der Waals surface area contributed by atoms with Gasteiger partial charge in [-0.3, -0.25) is 4.79 Å². The molecule has 24 heavy (non-hydrogen) atoms. The third-order valence-corrected chi connectivity index (χ3v) is 4.17. The van der Waals surface area contributed by atoms with Gasteiger partial charge in [-0.25, -0.2) is 0 Å². The van der Waals surface area contributed by atoms with Crippen molar-refractivity contribution < 1.29 is 22.7 Å². The number of benzene rings is 1. The molecule has 0 radical (unpaired) electrons. The average molecular weight is 344 g/mol. The van der Waals surface area contributed by atoms with E-state index in [2.05, 4.69) is 5.32 Å². The van der Waals surface area contributed by atoms with Crippen LogP contribution in [-0.2, 0) is 11.0 Å². The Morgan fingerprint density at radius 1 is 1.42 bits per heavy atom. The van der Waals surface area contributed by atoms with Crippen molar-refractivity contribution in [3.63, 3.8) is 0 Å². The van der Waals surface area contributed by atoms with E-state index in [4.69, 9.17) is 4.74 Å². The van der Waals surface area contributed by atoms with E-state index in [0.717, 1.165) is 25.5 Å². The maximum absolute atomic E-state index is 13.0. The summed E-state index contributed by atoms with van der Waals surface area (Å²) in [5.41, 5.74) is -0.864. The number of carbonyl (C=O) groups excluding carboxylic acids is 1. The van der Waals surface area contributed by atoms with Crippen LogP contribution < -0.4 is 10.1 Å². The summed E-state index contributed by atoms with van der Waals surface area (Å²) in [6.45, 7) is 3.54. The topological polar surface area (TPSA) is 41.6 Å². The highest BCUT2D eigenvalue weighted by Crippen LogP contribution is 2.36. The van der Waals surface area contributed by atoms with Gasteiger partial charge in [0.25, 0.3) is 5.91 Å². The number of nitrogens with zero attached hydrogens (tertiary/aromatic N) is 1. The number of hydrogen-bond donors (Lipinski definition) is 1. The molecule has 0 bridgehead atoms. The van der Waals surface area contributed by atoms with Crippen molar-refractivity contribution in [3.8, 4) is 5.75 Å². The number of likely N-dealkylation sites (tertiary alicyclic amines) is 1. The maximum Gasteiger partial charge on any atom is 0.419 e. The summed E-state index contributed by atoms with van der Waals surface area (Å²) >= 11 is 0. The predicted octanol–water partition coefficient (Wildman–Crippen LogP) is 2.93. The summed E-state index contributed by atoms with van der Waals surface area (Å²) < 4.78 is 44.4. The van der Waals surface area contributed by atoms with Crippen LogP contribution in [0.1, 0.15) is 25.3 Å². The molecule has 0 saturated carbocycles. The summed E-state index contributed by atoms with van der Waals surface area (Å²) in [5, 5.41) is 3.10. The molecule has 1 aliphatic rings. The van der Waals surface area contributed by atoms with Crippen LogP contribution in [0, 0.1) is 5.92 Å². The van der Waals surface area contributed by atoms with Gasteiger partial charge in [-0.1, -0.05) is 12.1 Å². The van der Waals surface area contributed by atoms with Crippen LogP contribution in [0.4, 0.5) is 13.2 Å². The monoisotopic (exact) mass is 344 g/mol. The summed E-state index contributed by atoms with van der Waals surface area (Å²) in [6.07, 6.45) is -3.54. The van der Waals surface area contributed by atoms with E-state index in [0.29, 0.717) is 19.0 Å². The van der Waals surface area contributed by atoms with Gasteiger partial charge in [0.1, 0.15) is 5.75 Å². The fraction of sp³-hybridized carbons (Fsp3) is 0.588. The Bertz CT molecular complexity index is 561. The summed E-state index contributed by atoms with van der Waals surface area (Å²) in [7, 11) is 1.86. The van der Waals surface area contributed by atoms with Crippen LogP contribution in [-0.4, -0.2) is 43.6 Å². The van der Waals surface area contributed by atoms with Gasteiger partial charge in [-0.2, -0.15) is 13.2 Å². The van der Waals surface area contributed by atoms with Crippen LogP contribution in [0.2, 0.25) is 0 Å². The number of halogens is 3. The van der Waals surface area contributed by atoms with Crippen molar-refractivity contribution in [2.24, 2.45) is 5.92 Å². The third kappa shape index (κ3) is 4.63. The minimum atomic E-state index is -4.51. The third-order valence-electron chi connectivity index (χ3n) is 4.17. The number of carbonyl (C=O) groups is 1. The molecule has 2 rings (SSSR count). The molecule has 0 aliphatic carbocycles. The van der Waals surface area contributed by atoms with E-state index < -0.39 is 17.8 Å².